The van der Waals surface area contributed by atoms with Crippen LogP contribution in [-0.2, 0) is 0 Å². The van der Waals surface area contributed by atoms with E-state index in [4.69, 9.17) is 5.73 Å². The van der Waals surface area contributed by atoms with Crippen molar-refractivity contribution in [2.75, 3.05) is 13.1 Å². The molecule has 0 bridgehead atoms. The van der Waals surface area contributed by atoms with Crippen LogP contribution in [0.3, 0.4) is 0 Å². The van der Waals surface area contributed by atoms with Gasteiger partial charge in [0, 0.05) is 25.2 Å². The third-order valence-electron chi connectivity index (χ3n) is 3.16. The first-order valence-corrected chi connectivity index (χ1v) is 6.48. The minimum atomic E-state index is 0.353. The summed E-state index contributed by atoms with van der Waals surface area (Å²) >= 11 is 0. The van der Waals surface area contributed by atoms with Crippen molar-refractivity contribution in [3.05, 3.63) is 0 Å². The van der Waals surface area contributed by atoms with E-state index in [1.807, 2.05) is 0 Å². The van der Waals surface area contributed by atoms with Crippen LogP contribution in [0.5, 0.6) is 0 Å². The number of rotatable bonds is 7. The monoisotopic (exact) mass is 212 g/mol. The average Bonchev–Trinajstić information content (AvgIpc) is 2.85. The van der Waals surface area contributed by atoms with E-state index in [0.29, 0.717) is 12.1 Å². The second kappa shape index (κ2) is 5.86. The van der Waals surface area contributed by atoms with Gasteiger partial charge in [0.05, 0.1) is 0 Å². The normalized spacial score (nSPS) is 19.2. The van der Waals surface area contributed by atoms with E-state index >= 15 is 0 Å². The summed E-state index contributed by atoms with van der Waals surface area (Å²) in [7, 11) is 0. The highest BCUT2D eigenvalue weighted by Gasteiger charge is 2.26. The molecule has 1 aliphatic carbocycles. The fourth-order valence-electron chi connectivity index (χ4n) is 2.11. The van der Waals surface area contributed by atoms with Crippen molar-refractivity contribution in [3.63, 3.8) is 0 Å². The number of nitrogens with zero attached hydrogens (tertiary/aromatic N) is 1. The summed E-state index contributed by atoms with van der Waals surface area (Å²) in [6.07, 6.45) is 4.01. The van der Waals surface area contributed by atoms with Gasteiger partial charge in [0.25, 0.3) is 0 Å². The zero-order chi connectivity index (χ0) is 11.4. The van der Waals surface area contributed by atoms with Crippen LogP contribution in [0.25, 0.3) is 0 Å². The zero-order valence-corrected chi connectivity index (χ0v) is 10.9. The largest absolute Gasteiger partial charge is 0.327 e. The second-order valence-electron chi connectivity index (χ2n) is 5.88. The van der Waals surface area contributed by atoms with Gasteiger partial charge in [-0.15, -0.1) is 0 Å². The van der Waals surface area contributed by atoms with Crippen LogP contribution in [0.15, 0.2) is 0 Å². The Morgan fingerprint density at radius 3 is 2.20 bits per heavy atom. The summed E-state index contributed by atoms with van der Waals surface area (Å²) in [5.41, 5.74) is 6.17. The molecule has 2 nitrogen and oxygen atoms in total. The van der Waals surface area contributed by atoms with E-state index in [0.717, 1.165) is 24.8 Å². The lowest BCUT2D eigenvalue weighted by Gasteiger charge is -2.29. The molecule has 1 aliphatic rings. The van der Waals surface area contributed by atoms with Gasteiger partial charge in [-0.1, -0.05) is 13.8 Å². The molecule has 0 saturated heterocycles. The van der Waals surface area contributed by atoms with E-state index in [9.17, 15) is 0 Å². The minimum absolute atomic E-state index is 0.353. The van der Waals surface area contributed by atoms with Gasteiger partial charge in [0.1, 0.15) is 0 Å². The number of hydrogen-bond donors (Lipinski definition) is 1. The third-order valence-corrected chi connectivity index (χ3v) is 3.16. The Morgan fingerprint density at radius 1 is 1.20 bits per heavy atom. The van der Waals surface area contributed by atoms with Gasteiger partial charge in [0.15, 0.2) is 0 Å². The fourth-order valence-corrected chi connectivity index (χ4v) is 2.11. The first-order valence-electron chi connectivity index (χ1n) is 6.48. The minimum Gasteiger partial charge on any atom is -0.327 e. The first kappa shape index (κ1) is 13.0. The van der Waals surface area contributed by atoms with Gasteiger partial charge in [-0.25, -0.2) is 0 Å². The Morgan fingerprint density at radius 2 is 1.80 bits per heavy atom. The van der Waals surface area contributed by atoms with Crippen molar-refractivity contribution >= 4 is 0 Å². The lowest BCUT2D eigenvalue weighted by Crippen LogP contribution is -2.42. The van der Waals surface area contributed by atoms with Crippen LogP contribution in [0.4, 0.5) is 0 Å². The summed E-state index contributed by atoms with van der Waals surface area (Å²) in [5, 5.41) is 0. The highest BCUT2D eigenvalue weighted by Crippen LogP contribution is 2.30. The molecule has 0 amide bonds. The Bertz CT molecular complexity index is 173. The van der Waals surface area contributed by atoms with Crippen LogP contribution in [0, 0.1) is 11.8 Å². The highest BCUT2D eigenvalue weighted by molar-refractivity contribution is 4.81. The van der Waals surface area contributed by atoms with Gasteiger partial charge in [-0.05, 0) is 44.9 Å². The summed E-state index contributed by atoms with van der Waals surface area (Å²) in [4.78, 5) is 2.56. The van der Waals surface area contributed by atoms with Crippen LogP contribution in [0.2, 0.25) is 0 Å². The van der Waals surface area contributed by atoms with E-state index in [-0.39, 0.29) is 0 Å². The predicted octanol–water partition coefficient (Wildman–Crippen LogP) is 2.48. The summed E-state index contributed by atoms with van der Waals surface area (Å²) in [6, 6.07) is 0.995. The standard InChI is InChI=1S/C13H28N2/c1-10(2)7-13(14)9-15(11(3)4)8-12-5-6-12/h10-13H,5-9,14H2,1-4H3. The van der Waals surface area contributed by atoms with E-state index in [1.165, 1.54) is 19.4 Å². The Balaban J connectivity index is 2.28. The Kier molecular flexibility index (Phi) is 5.07. The van der Waals surface area contributed by atoms with Crippen molar-refractivity contribution in [2.24, 2.45) is 17.6 Å². The average molecular weight is 212 g/mol. The van der Waals surface area contributed by atoms with Gasteiger partial charge in [-0.2, -0.15) is 0 Å². The van der Waals surface area contributed by atoms with Crippen LogP contribution < -0.4 is 5.73 Å². The van der Waals surface area contributed by atoms with Crippen LogP contribution >= 0.6 is 0 Å². The van der Waals surface area contributed by atoms with E-state index in [1.54, 1.807) is 0 Å². The molecule has 0 aromatic carbocycles. The van der Waals surface area contributed by atoms with Gasteiger partial charge in [-0.3, -0.25) is 4.90 Å². The molecule has 2 heteroatoms. The molecular weight excluding hydrogens is 184 g/mol. The Hall–Kier alpha value is -0.0800. The van der Waals surface area contributed by atoms with Crippen molar-refractivity contribution in [2.45, 2.75) is 59.0 Å². The second-order valence-corrected chi connectivity index (χ2v) is 5.88. The Labute approximate surface area is 95.2 Å². The molecule has 0 aliphatic heterocycles. The maximum atomic E-state index is 6.17. The predicted molar refractivity (Wildman–Crippen MR) is 66.9 cm³/mol. The summed E-state index contributed by atoms with van der Waals surface area (Å²) < 4.78 is 0. The molecule has 1 unspecified atom stereocenters. The lowest BCUT2D eigenvalue weighted by molar-refractivity contribution is 0.193. The maximum absolute atomic E-state index is 6.17. The highest BCUT2D eigenvalue weighted by atomic mass is 15.2. The molecule has 15 heavy (non-hydrogen) atoms. The molecule has 0 radical (unpaired) electrons. The number of nitrogens with two attached hydrogens (primary N) is 1. The molecular formula is C13H28N2. The molecule has 1 atom stereocenters. The molecule has 2 N–H and O–H groups in total. The van der Waals surface area contributed by atoms with Crippen LogP contribution in [0.1, 0.15) is 47.0 Å². The first-order chi connectivity index (χ1) is 6.99. The molecule has 0 heterocycles. The van der Waals surface area contributed by atoms with Gasteiger partial charge >= 0.3 is 0 Å². The van der Waals surface area contributed by atoms with Crippen LogP contribution in [-0.4, -0.2) is 30.1 Å². The summed E-state index contributed by atoms with van der Waals surface area (Å²) in [5.74, 6) is 1.69. The zero-order valence-electron chi connectivity index (χ0n) is 10.9. The smallest absolute Gasteiger partial charge is 0.0170 e. The van der Waals surface area contributed by atoms with Gasteiger partial charge < -0.3 is 5.73 Å². The third kappa shape index (κ3) is 5.53. The molecule has 0 aromatic heterocycles. The van der Waals surface area contributed by atoms with E-state index in [2.05, 4.69) is 32.6 Å². The lowest BCUT2D eigenvalue weighted by atomic mass is 10.0. The SMILES string of the molecule is CC(C)CC(N)CN(CC1CC1)C(C)C. The van der Waals surface area contributed by atoms with Crippen molar-refractivity contribution in [3.8, 4) is 0 Å². The molecule has 1 saturated carbocycles. The molecule has 0 spiro atoms. The molecule has 0 aromatic rings. The van der Waals surface area contributed by atoms with Crippen molar-refractivity contribution in [1.82, 2.24) is 4.90 Å². The number of hydrogen-bond acceptors (Lipinski definition) is 2. The quantitative estimate of drug-likeness (QED) is 0.702. The maximum Gasteiger partial charge on any atom is 0.0170 e. The van der Waals surface area contributed by atoms with Gasteiger partial charge in [0.2, 0.25) is 0 Å². The summed E-state index contributed by atoms with van der Waals surface area (Å²) in [6.45, 7) is 11.4. The molecule has 1 rings (SSSR count). The van der Waals surface area contributed by atoms with Crippen molar-refractivity contribution in [1.29, 1.82) is 0 Å². The topological polar surface area (TPSA) is 29.3 Å². The van der Waals surface area contributed by atoms with E-state index < -0.39 is 0 Å². The molecule has 90 valence electrons. The fraction of sp³-hybridized carbons (Fsp3) is 1.00. The van der Waals surface area contributed by atoms with Crippen molar-refractivity contribution < 1.29 is 0 Å². The molecule has 1 fully saturated rings.